The largest absolute Gasteiger partial charge is 0.376 e. The standard InChI is InChI=1S/C29H30FN5O3/c1-19-13-14-21(16-20(19)2)35(27(36)18-34-26-12-6-5-11-25(26)32-33-34)28(23-9-3-4-10-24(23)30)29(37)31-17-22-8-7-15-38-22/h3-6,9-14,16,22,28H,7-8,15,17-18H2,1-2H3,(H,31,37). The Morgan fingerprint density at radius 3 is 2.66 bits per heavy atom. The van der Waals surface area contributed by atoms with Gasteiger partial charge in [-0.25, -0.2) is 9.07 Å². The average molecular weight is 516 g/mol. The lowest BCUT2D eigenvalue weighted by Crippen LogP contribution is -2.47. The summed E-state index contributed by atoms with van der Waals surface area (Å²) in [5.41, 5.74) is 3.91. The number of para-hydroxylation sites is 1. The summed E-state index contributed by atoms with van der Waals surface area (Å²) in [5.74, 6) is -1.48. The molecule has 38 heavy (non-hydrogen) atoms. The molecule has 196 valence electrons. The summed E-state index contributed by atoms with van der Waals surface area (Å²) in [5, 5.41) is 11.2. The van der Waals surface area contributed by atoms with Crippen LogP contribution in [-0.4, -0.2) is 46.1 Å². The number of nitrogens with zero attached hydrogens (tertiary/aromatic N) is 4. The number of amides is 2. The molecule has 3 aromatic carbocycles. The number of nitrogens with one attached hydrogen (secondary N) is 1. The fraction of sp³-hybridized carbons (Fsp3) is 0.310. The van der Waals surface area contributed by atoms with Gasteiger partial charge in [-0.05, 0) is 68.1 Å². The molecular formula is C29H30FN5O3. The number of fused-ring (bicyclic) bond motifs is 1. The lowest BCUT2D eigenvalue weighted by molar-refractivity contribution is -0.127. The Kier molecular flexibility index (Phi) is 7.46. The van der Waals surface area contributed by atoms with Crippen LogP contribution >= 0.6 is 0 Å². The lowest BCUT2D eigenvalue weighted by atomic mass is 10.0. The minimum atomic E-state index is -1.25. The van der Waals surface area contributed by atoms with Gasteiger partial charge in [-0.1, -0.05) is 41.6 Å². The van der Waals surface area contributed by atoms with Crippen LogP contribution < -0.4 is 10.2 Å². The maximum absolute atomic E-state index is 15.2. The fourth-order valence-corrected chi connectivity index (χ4v) is 4.76. The molecule has 1 N–H and O–H groups in total. The Balaban J connectivity index is 1.57. The Labute approximate surface area is 220 Å². The van der Waals surface area contributed by atoms with Gasteiger partial charge in [-0.15, -0.1) is 5.10 Å². The third-order valence-corrected chi connectivity index (χ3v) is 6.98. The zero-order valence-corrected chi connectivity index (χ0v) is 21.4. The van der Waals surface area contributed by atoms with E-state index >= 15 is 4.39 Å². The number of aromatic nitrogens is 3. The van der Waals surface area contributed by atoms with Gasteiger partial charge in [0.1, 0.15) is 23.9 Å². The number of carbonyl (C=O) groups excluding carboxylic acids is 2. The summed E-state index contributed by atoms with van der Waals surface area (Å²) >= 11 is 0. The Morgan fingerprint density at radius 2 is 1.89 bits per heavy atom. The molecule has 0 aliphatic carbocycles. The molecule has 2 unspecified atom stereocenters. The van der Waals surface area contributed by atoms with Crippen molar-refractivity contribution in [2.45, 2.75) is 45.4 Å². The Bertz CT molecular complexity index is 1460. The van der Waals surface area contributed by atoms with E-state index in [1.165, 1.54) is 21.7 Å². The first-order valence-corrected chi connectivity index (χ1v) is 12.7. The number of ether oxygens (including phenoxy) is 1. The number of rotatable bonds is 8. The van der Waals surface area contributed by atoms with E-state index in [-0.39, 0.29) is 24.8 Å². The number of anilines is 1. The van der Waals surface area contributed by atoms with E-state index in [0.717, 1.165) is 24.0 Å². The molecule has 0 saturated carbocycles. The molecule has 9 heteroatoms. The predicted molar refractivity (Wildman–Crippen MR) is 142 cm³/mol. The molecule has 5 rings (SSSR count). The van der Waals surface area contributed by atoms with Gasteiger partial charge < -0.3 is 10.1 Å². The Morgan fingerprint density at radius 1 is 1.11 bits per heavy atom. The van der Waals surface area contributed by atoms with E-state index in [2.05, 4.69) is 15.6 Å². The van der Waals surface area contributed by atoms with Gasteiger partial charge in [-0.2, -0.15) is 0 Å². The molecule has 1 aliphatic heterocycles. The van der Waals surface area contributed by atoms with Crippen LogP contribution in [-0.2, 0) is 20.9 Å². The molecule has 4 aromatic rings. The van der Waals surface area contributed by atoms with Crippen LogP contribution in [0.2, 0.25) is 0 Å². The van der Waals surface area contributed by atoms with Gasteiger partial charge in [-0.3, -0.25) is 14.5 Å². The number of halogens is 1. The third-order valence-electron chi connectivity index (χ3n) is 6.98. The predicted octanol–water partition coefficient (Wildman–Crippen LogP) is 4.26. The van der Waals surface area contributed by atoms with Crippen LogP contribution in [0.15, 0.2) is 66.7 Å². The molecule has 1 aliphatic rings. The molecule has 2 atom stereocenters. The molecule has 0 spiro atoms. The van der Waals surface area contributed by atoms with Crippen LogP contribution in [0.5, 0.6) is 0 Å². The summed E-state index contributed by atoms with van der Waals surface area (Å²) in [6, 6.07) is 17.6. The van der Waals surface area contributed by atoms with Gasteiger partial charge in [0.15, 0.2) is 0 Å². The monoisotopic (exact) mass is 515 g/mol. The first-order valence-electron chi connectivity index (χ1n) is 12.7. The maximum Gasteiger partial charge on any atom is 0.249 e. The van der Waals surface area contributed by atoms with Crippen LogP contribution in [0.3, 0.4) is 0 Å². The Hall–Kier alpha value is -4.11. The second-order valence-electron chi connectivity index (χ2n) is 9.57. The number of hydrogen-bond donors (Lipinski definition) is 1. The van der Waals surface area contributed by atoms with Crippen LogP contribution in [0, 0.1) is 19.7 Å². The van der Waals surface area contributed by atoms with Gasteiger partial charge >= 0.3 is 0 Å². The van der Waals surface area contributed by atoms with Crippen molar-refractivity contribution in [1.29, 1.82) is 0 Å². The summed E-state index contributed by atoms with van der Waals surface area (Å²) in [6.07, 6.45) is 1.66. The highest BCUT2D eigenvalue weighted by molar-refractivity contribution is 6.01. The van der Waals surface area contributed by atoms with Gasteiger partial charge in [0.25, 0.3) is 0 Å². The molecule has 1 aromatic heterocycles. The molecule has 0 radical (unpaired) electrons. The minimum absolute atomic E-state index is 0.104. The van der Waals surface area contributed by atoms with E-state index in [0.29, 0.717) is 23.3 Å². The number of carbonyl (C=O) groups is 2. The summed E-state index contributed by atoms with van der Waals surface area (Å²) < 4.78 is 22.4. The molecule has 1 saturated heterocycles. The average Bonchev–Trinajstić information content (AvgIpc) is 3.58. The normalized spacial score (nSPS) is 15.9. The van der Waals surface area contributed by atoms with Crippen molar-refractivity contribution in [3.63, 3.8) is 0 Å². The van der Waals surface area contributed by atoms with E-state index in [1.807, 2.05) is 50.2 Å². The maximum atomic E-state index is 15.2. The smallest absolute Gasteiger partial charge is 0.249 e. The first-order chi connectivity index (χ1) is 18.4. The van der Waals surface area contributed by atoms with E-state index < -0.39 is 23.7 Å². The molecule has 0 bridgehead atoms. The van der Waals surface area contributed by atoms with Crippen LogP contribution in [0.25, 0.3) is 11.0 Å². The number of benzene rings is 3. The zero-order valence-electron chi connectivity index (χ0n) is 21.4. The first kappa shape index (κ1) is 25.5. The van der Waals surface area contributed by atoms with Gasteiger partial charge in [0.2, 0.25) is 11.8 Å². The van der Waals surface area contributed by atoms with Crippen LogP contribution in [0.4, 0.5) is 10.1 Å². The summed E-state index contributed by atoms with van der Waals surface area (Å²) in [6.45, 7) is 4.65. The highest BCUT2D eigenvalue weighted by Crippen LogP contribution is 2.31. The lowest BCUT2D eigenvalue weighted by Gasteiger charge is -2.32. The van der Waals surface area contributed by atoms with Crippen LogP contribution in [0.1, 0.15) is 35.6 Å². The van der Waals surface area contributed by atoms with Crippen molar-refractivity contribution in [3.05, 3.63) is 89.2 Å². The molecule has 2 amide bonds. The van der Waals surface area contributed by atoms with Crippen molar-refractivity contribution in [2.75, 3.05) is 18.1 Å². The topological polar surface area (TPSA) is 89.4 Å². The second kappa shape index (κ2) is 11.1. The second-order valence-corrected chi connectivity index (χ2v) is 9.57. The number of aryl methyl sites for hydroxylation is 2. The fourth-order valence-electron chi connectivity index (χ4n) is 4.76. The molecule has 8 nitrogen and oxygen atoms in total. The summed E-state index contributed by atoms with van der Waals surface area (Å²) in [4.78, 5) is 29.2. The van der Waals surface area contributed by atoms with Crippen molar-refractivity contribution in [3.8, 4) is 0 Å². The highest BCUT2D eigenvalue weighted by atomic mass is 19.1. The molecular weight excluding hydrogens is 485 g/mol. The van der Waals surface area contributed by atoms with Crippen molar-refractivity contribution >= 4 is 28.5 Å². The SMILES string of the molecule is Cc1ccc(N(C(=O)Cn2nnc3ccccc32)C(C(=O)NCC2CCCO2)c2ccccc2F)cc1C. The van der Waals surface area contributed by atoms with E-state index in [1.54, 1.807) is 18.2 Å². The van der Waals surface area contributed by atoms with Gasteiger partial charge in [0, 0.05) is 24.4 Å². The van der Waals surface area contributed by atoms with Crippen molar-refractivity contribution < 1.29 is 18.7 Å². The molecule has 1 fully saturated rings. The molecule has 2 heterocycles. The van der Waals surface area contributed by atoms with Crippen molar-refractivity contribution in [1.82, 2.24) is 20.3 Å². The zero-order chi connectivity index (χ0) is 26.6. The third kappa shape index (κ3) is 5.28. The van der Waals surface area contributed by atoms with Crippen molar-refractivity contribution in [2.24, 2.45) is 0 Å². The highest BCUT2D eigenvalue weighted by Gasteiger charge is 2.35. The van der Waals surface area contributed by atoms with Gasteiger partial charge in [0.05, 0.1) is 11.6 Å². The van der Waals surface area contributed by atoms with E-state index in [9.17, 15) is 9.59 Å². The number of hydrogen-bond acceptors (Lipinski definition) is 5. The summed E-state index contributed by atoms with van der Waals surface area (Å²) in [7, 11) is 0. The van der Waals surface area contributed by atoms with E-state index in [4.69, 9.17) is 4.74 Å². The quantitative estimate of drug-likeness (QED) is 0.379. The minimum Gasteiger partial charge on any atom is -0.376 e.